The molecule has 0 radical (unpaired) electrons. The van der Waals surface area contributed by atoms with Crippen molar-refractivity contribution in [2.45, 2.75) is 32.6 Å². The van der Waals surface area contributed by atoms with Crippen LogP contribution < -0.4 is 5.32 Å². The highest BCUT2D eigenvalue weighted by atomic mass is 32.2. The predicted molar refractivity (Wildman–Crippen MR) is 64.2 cm³/mol. The van der Waals surface area contributed by atoms with Crippen molar-refractivity contribution in [3.8, 4) is 0 Å². The van der Waals surface area contributed by atoms with E-state index in [1.54, 1.807) is 6.92 Å². The van der Waals surface area contributed by atoms with Crippen molar-refractivity contribution in [2.75, 3.05) is 24.6 Å². The molecule has 4 nitrogen and oxygen atoms in total. The number of carbonyl (C=O) groups excluding carboxylic acids is 1. The van der Waals surface area contributed by atoms with Gasteiger partial charge in [-0.25, -0.2) is 8.42 Å². The molecule has 1 saturated heterocycles. The molecule has 0 aromatic rings. The van der Waals surface area contributed by atoms with Crippen molar-refractivity contribution in [1.82, 2.24) is 5.32 Å². The molecule has 0 amide bonds. The number of hydrogen-bond acceptors (Lipinski definition) is 4. The highest BCUT2D eigenvalue weighted by Gasteiger charge is 2.18. The molecule has 16 heavy (non-hydrogen) atoms. The van der Waals surface area contributed by atoms with Crippen LogP contribution in [0.2, 0.25) is 0 Å². The lowest BCUT2D eigenvalue weighted by atomic mass is 10.00. The molecular weight excluding hydrogens is 226 g/mol. The molecule has 1 rings (SSSR count). The van der Waals surface area contributed by atoms with Gasteiger partial charge in [-0.1, -0.05) is 6.92 Å². The first-order valence-corrected chi connectivity index (χ1v) is 7.78. The molecule has 0 aromatic carbocycles. The fourth-order valence-corrected chi connectivity index (χ4v) is 2.82. The van der Waals surface area contributed by atoms with Crippen molar-refractivity contribution in [2.24, 2.45) is 5.92 Å². The van der Waals surface area contributed by atoms with Crippen LogP contribution in [-0.4, -0.2) is 38.8 Å². The lowest BCUT2D eigenvalue weighted by Crippen LogP contribution is -2.14. The molecule has 1 N–H and O–H groups in total. The fraction of sp³-hybridized carbons (Fsp3) is 0.909. The van der Waals surface area contributed by atoms with Gasteiger partial charge in [0.2, 0.25) is 0 Å². The Balaban J connectivity index is 2.15. The Hall–Kier alpha value is -0.420. The van der Waals surface area contributed by atoms with E-state index in [1.165, 1.54) is 0 Å². The van der Waals surface area contributed by atoms with Crippen molar-refractivity contribution in [3.63, 3.8) is 0 Å². The van der Waals surface area contributed by atoms with Gasteiger partial charge in [0.25, 0.3) is 0 Å². The molecule has 1 heterocycles. The maximum absolute atomic E-state index is 11.6. The first-order chi connectivity index (χ1) is 7.53. The van der Waals surface area contributed by atoms with E-state index >= 15 is 0 Å². The minimum atomic E-state index is -2.91. The largest absolute Gasteiger partial charge is 0.316 e. The molecule has 1 fully saturated rings. The van der Waals surface area contributed by atoms with Gasteiger partial charge >= 0.3 is 0 Å². The van der Waals surface area contributed by atoms with Crippen LogP contribution in [-0.2, 0) is 14.6 Å². The molecule has 1 atom stereocenters. The maximum atomic E-state index is 11.6. The highest BCUT2D eigenvalue weighted by molar-refractivity contribution is 7.91. The van der Waals surface area contributed by atoms with Gasteiger partial charge in [0.05, 0.1) is 5.75 Å². The number of ketones is 1. The Morgan fingerprint density at radius 3 is 2.75 bits per heavy atom. The number of carbonyl (C=O) groups is 1. The summed E-state index contributed by atoms with van der Waals surface area (Å²) in [6, 6.07) is 0. The van der Waals surface area contributed by atoms with Crippen molar-refractivity contribution in [3.05, 3.63) is 0 Å². The van der Waals surface area contributed by atoms with Crippen LogP contribution in [0.5, 0.6) is 0 Å². The van der Waals surface area contributed by atoms with Crippen LogP contribution in [0.3, 0.4) is 0 Å². The number of nitrogens with one attached hydrogen (secondary N) is 1. The van der Waals surface area contributed by atoms with E-state index in [0.29, 0.717) is 25.2 Å². The third-order valence-electron chi connectivity index (χ3n) is 3.03. The first-order valence-electron chi connectivity index (χ1n) is 5.96. The third-order valence-corrected chi connectivity index (χ3v) is 4.82. The molecule has 1 aliphatic heterocycles. The molecule has 0 saturated carbocycles. The second kappa shape index (κ2) is 6.35. The van der Waals surface area contributed by atoms with Gasteiger partial charge in [-0.15, -0.1) is 0 Å². The average molecular weight is 247 g/mol. The molecule has 0 aliphatic carbocycles. The fourth-order valence-electron chi connectivity index (χ4n) is 1.95. The Bertz CT molecular complexity index is 318. The minimum absolute atomic E-state index is 0.151. The zero-order chi connectivity index (χ0) is 12.0. The summed E-state index contributed by atoms with van der Waals surface area (Å²) in [6.07, 6.45) is 2.57. The van der Waals surface area contributed by atoms with E-state index in [4.69, 9.17) is 0 Å². The molecule has 94 valence electrons. The van der Waals surface area contributed by atoms with Gasteiger partial charge in [-0.05, 0) is 31.8 Å². The summed E-state index contributed by atoms with van der Waals surface area (Å²) in [7, 11) is -2.91. The molecule has 1 unspecified atom stereocenters. The molecule has 0 spiro atoms. The van der Waals surface area contributed by atoms with E-state index in [1.807, 2.05) is 0 Å². The Morgan fingerprint density at radius 1 is 1.44 bits per heavy atom. The average Bonchev–Trinajstić information content (AvgIpc) is 2.70. The van der Waals surface area contributed by atoms with Gasteiger partial charge in [0.1, 0.15) is 15.6 Å². The standard InChI is InChI=1S/C11H21NO3S/c1-2-16(14,15)7-3-4-11(13)8-10-5-6-12-9-10/h10,12H,2-9H2,1H3. The van der Waals surface area contributed by atoms with Crippen LogP contribution in [0.1, 0.15) is 32.6 Å². The number of hydrogen-bond donors (Lipinski definition) is 1. The summed E-state index contributed by atoms with van der Waals surface area (Å²) in [5.41, 5.74) is 0. The smallest absolute Gasteiger partial charge is 0.150 e. The van der Waals surface area contributed by atoms with E-state index in [0.717, 1.165) is 19.5 Å². The van der Waals surface area contributed by atoms with Crippen LogP contribution >= 0.6 is 0 Å². The summed E-state index contributed by atoms with van der Waals surface area (Å²) in [6.45, 7) is 3.57. The van der Waals surface area contributed by atoms with Gasteiger partial charge in [0.15, 0.2) is 0 Å². The quantitative estimate of drug-likeness (QED) is 0.722. The van der Waals surface area contributed by atoms with Gasteiger partial charge in [-0.3, -0.25) is 4.79 Å². The summed E-state index contributed by atoms with van der Waals surface area (Å²) in [5, 5.41) is 3.22. The SMILES string of the molecule is CCS(=O)(=O)CCCC(=O)CC1CCNC1. The summed E-state index contributed by atoms with van der Waals surface area (Å²) in [4.78, 5) is 11.6. The molecular formula is C11H21NO3S. The zero-order valence-corrected chi connectivity index (χ0v) is 10.7. The van der Waals surface area contributed by atoms with E-state index in [9.17, 15) is 13.2 Å². The molecule has 0 bridgehead atoms. The topological polar surface area (TPSA) is 63.2 Å². The van der Waals surface area contributed by atoms with E-state index < -0.39 is 9.84 Å². The molecule has 1 aliphatic rings. The second-order valence-corrected chi connectivity index (χ2v) is 6.91. The minimum Gasteiger partial charge on any atom is -0.316 e. The number of Topliss-reactive ketones (excluding diaryl/α,β-unsaturated/α-hetero) is 1. The van der Waals surface area contributed by atoms with Crippen LogP contribution in [0.4, 0.5) is 0 Å². The Kier molecular flexibility index (Phi) is 5.41. The monoisotopic (exact) mass is 247 g/mol. The lowest BCUT2D eigenvalue weighted by Gasteiger charge is -2.06. The van der Waals surface area contributed by atoms with Crippen molar-refractivity contribution >= 4 is 15.6 Å². The van der Waals surface area contributed by atoms with E-state index in [-0.39, 0.29) is 17.3 Å². The Labute approximate surface area is 97.7 Å². The number of sulfone groups is 1. The van der Waals surface area contributed by atoms with Crippen molar-refractivity contribution in [1.29, 1.82) is 0 Å². The summed E-state index contributed by atoms with van der Waals surface area (Å²) in [5.74, 6) is 1.00. The maximum Gasteiger partial charge on any atom is 0.150 e. The van der Waals surface area contributed by atoms with Crippen molar-refractivity contribution < 1.29 is 13.2 Å². The predicted octanol–water partition coefficient (Wildman–Crippen LogP) is 0.770. The van der Waals surface area contributed by atoms with Gasteiger partial charge < -0.3 is 5.32 Å². The molecule has 0 aromatic heterocycles. The summed E-state index contributed by atoms with van der Waals surface area (Å²) < 4.78 is 22.4. The van der Waals surface area contributed by atoms with Gasteiger partial charge in [-0.2, -0.15) is 0 Å². The van der Waals surface area contributed by atoms with Gasteiger partial charge in [0, 0.05) is 18.6 Å². The number of rotatable bonds is 7. The normalized spacial score (nSPS) is 21.2. The highest BCUT2D eigenvalue weighted by Crippen LogP contribution is 2.14. The second-order valence-electron chi connectivity index (χ2n) is 4.44. The Morgan fingerprint density at radius 2 is 2.19 bits per heavy atom. The first kappa shape index (κ1) is 13.6. The summed E-state index contributed by atoms with van der Waals surface area (Å²) >= 11 is 0. The third kappa shape index (κ3) is 5.07. The van der Waals surface area contributed by atoms with E-state index in [2.05, 4.69) is 5.32 Å². The van der Waals surface area contributed by atoms with Crippen LogP contribution in [0.25, 0.3) is 0 Å². The van der Waals surface area contributed by atoms with Crippen LogP contribution in [0.15, 0.2) is 0 Å². The van der Waals surface area contributed by atoms with Crippen LogP contribution in [0, 0.1) is 5.92 Å². The lowest BCUT2D eigenvalue weighted by molar-refractivity contribution is -0.119. The molecule has 5 heteroatoms. The zero-order valence-electron chi connectivity index (χ0n) is 9.87.